The molecule has 4 unspecified atom stereocenters. The van der Waals surface area contributed by atoms with Gasteiger partial charge < -0.3 is 19.6 Å². The van der Waals surface area contributed by atoms with Crippen LogP contribution < -0.4 is 0 Å². The summed E-state index contributed by atoms with van der Waals surface area (Å²) < 4.78 is 5.51. The first-order valence-corrected chi connectivity index (χ1v) is 13.2. The number of carbonyl (C=O) groups is 2. The molecule has 1 N–H and O–H groups in total. The van der Waals surface area contributed by atoms with Gasteiger partial charge in [-0.05, 0) is 24.0 Å². The number of esters is 1. The molecule has 0 radical (unpaired) electrons. The smallest absolute Gasteiger partial charge is 0.321 e. The van der Waals surface area contributed by atoms with Crippen molar-refractivity contribution in [3.63, 3.8) is 0 Å². The number of rotatable bonds is 10. The molecular weight excluding hydrogens is 448 g/mol. The molecule has 34 heavy (non-hydrogen) atoms. The molecule has 2 aromatic carbocycles. The van der Waals surface area contributed by atoms with Crippen molar-refractivity contribution in [2.45, 2.75) is 63.2 Å². The Morgan fingerprint density at radius 1 is 1.03 bits per heavy atom. The highest BCUT2D eigenvalue weighted by atomic mass is 32.2. The lowest BCUT2D eigenvalue weighted by Gasteiger charge is -2.38. The van der Waals surface area contributed by atoms with Gasteiger partial charge in [0.05, 0.1) is 24.6 Å². The van der Waals surface area contributed by atoms with Gasteiger partial charge in [-0.3, -0.25) is 4.79 Å². The highest BCUT2D eigenvalue weighted by molar-refractivity contribution is 8.00. The quantitative estimate of drug-likeness (QED) is 0.394. The molecule has 4 rings (SSSR count). The van der Waals surface area contributed by atoms with Crippen molar-refractivity contribution < 1.29 is 19.4 Å². The predicted molar refractivity (Wildman–Crippen MR) is 134 cm³/mol. The minimum Gasteiger partial charge on any atom is -0.465 e. The van der Waals surface area contributed by atoms with Gasteiger partial charge in [0.15, 0.2) is 0 Å². The lowest BCUT2D eigenvalue weighted by atomic mass is 9.88. The van der Waals surface area contributed by atoms with Crippen molar-refractivity contribution in [1.82, 2.24) is 9.80 Å². The van der Waals surface area contributed by atoms with Crippen molar-refractivity contribution in [2.24, 2.45) is 5.92 Å². The Morgan fingerprint density at radius 3 is 2.18 bits per heavy atom. The number of urea groups is 1. The number of hydrogen-bond acceptors (Lipinski definition) is 5. The van der Waals surface area contributed by atoms with Gasteiger partial charge in [0.2, 0.25) is 0 Å². The van der Waals surface area contributed by atoms with E-state index in [2.05, 4.69) is 0 Å². The number of aliphatic hydroxyl groups is 1. The maximum Gasteiger partial charge on any atom is 0.321 e. The fourth-order valence-electron chi connectivity index (χ4n) is 5.09. The molecule has 2 heterocycles. The van der Waals surface area contributed by atoms with Crippen LogP contribution in [-0.2, 0) is 22.6 Å². The molecule has 7 heteroatoms. The van der Waals surface area contributed by atoms with Gasteiger partial charge in [0.1, 0.15) is 4.93 Å². The monoisotopic (exact) mass is 482 g/mol. The molecule has 2 aliphatic rings. The van der Waals surface area contributed by atoms with Crippen molar-refractivity contribution in [3.05, 3.63) is 71.8 Å². The van der Waals surface area contributed by atoms with Gasteiger partial charge in [0.25, 0.3) is 0 Å². The van der Waals surface area contributed by atoms with Crippen LogP contribution in [-0.4, -0.2) is 56.3 Å². The van der Waals surface area contributed by atoms with Crippen molar-refractivity contribution in [3.8, 4) is 0 Å². The lowest BCUT2D eigenvalue weighted by molar-refractivity contribution is -0.156. The average Bonchev–Trinajstić information content (AvgIpc) is 3.33. The summed E-state index contributed by atoms with van der Waals surface area (Å²) in [5.74, 6) is -0.480. The molecule has 2 aromatic rings. The van der Waals surface area contributed by atoms with Gasteiger partial charge in [0, 0.05) is 18.8 Å². The van der Waals surface area contributed by atoms with Gasteiger partial charge in [-0.15, -0.1) is 11.8 Å². The first kappa shape index (κ1) is 24.6. The Balaban J connectivity index is 1.69. The summed E-state index contributed by atoms with van der Waals surface area (Å²) in [5.41, 5.74) is 2.04. The maximum atomic E-state index is 13.8. The summed E-state index contributed by atoms with van der Waals surface area (Å²) in [5, 5.41) is 12.1. The van der Waals surface area contributed by atoms with E-state index in [4.69, 9.17) is 4.74 Å². The molecule has 2 aliphatic heterocycles. The molecule has 6 nitrogen and oxygen atoms in total. The molecule has 0 spiro atoms. The molecule has 4 atom stereocenters. The maximum absolute atomic E-state index is 13.8. The van der Waals surface area contributed by atoms with E-state index >= 15 is 0 Å². The van der Waals surface area contributed by atoms with Crippen LogP contribution in [0, 0.1) is 5.92 Å². The van der Waals surface area contributed by atoms with E-state index in [9.17, 15) is 14.7 Å². The number of nitrogens with zero attached hydrogens (tertiary/aromatic N) is 2. The Hall–Kier alpha value is -2.51. The minimum atomic E-state index is -1.40. The average molecular weight is 483 g/mol. The second-order valence-electron chi connectivity index (χ2n) is 9.09. The Labute approximate surface area is 206 Å². The van der Waals surface area contributed by atoms with E-state index in [1.807, 2.05) is 79.4 Å². The number of thioether (sulfide) groups is 1. The van der Waals surface area contributed by atoms with Crippen LogP contribution in [0.4, 0.5) is 4.79 Å². The normalized spacial score (nSPS) is 24.9. The summed E-state index contributed by atoms with van der Waals surface area (Å²) >= 11 is 1.40. The molecule has 0 aliphatic carbocycles. The molecule has 0 bridgehead atoms. The first-order valence-electron chi connectivity index (χ1n) is 12.2. The fraction of sp³-hybridized carbons (Fsp3) is 0.481. The number of ether oxygens (including phenoxy) is 1. The number of carbonyl (C=O) groups excluding carboxylic acids is 2. The van der Waals surface area contributed by atoms with Crippen LogP contribution in [0.15, 0.2) is 60.7 Å². The third-order valence-electron chi connectivity index (χ3n) is 6.70. The lowest BCUT2D eigenvalue weighted by Crippen LogP contribution is -2.55. The second-order valence-corrected chi connectivity index (χ2v) is 10.4. The van der Waals surface area contributed by atoms with Crippen molar-refractivity contribution >= 4 is 23.8 Å². The highest BCUT2D eigenvalue weighted by Crippen LogP contribution is 2.51. The molecular formula is C27H34N2O4S. The molecule has 2 fully saturated rings. The SMILES string of the molecule is CCCOC(=O)C(CCC)C1(O)SCC2C1N(Cc1ccccc1)C(=O)N2Cc1ccccc1. The highest BCUT2D eigenvalue weighted by Gasteiger charge is 2.64. The van der Waals surface area contributed by atoms with Crippen LogP contribution in [0.2, 0.25) is 0 Å². The van der Waals surface area contributed by atoms with E-state index < -0.39 is 16.9 Å². The van der Waals surface area contributed by atoms with Crippen LogP contribution in [0.1, 0.15) is 44.2 Å². The van der Waals surface area contributed by atoms with E-state index in [1.165, 1.54) is 11.8 Å². The summed E-state index contributed by atoms with van der Waals surface area (Å²) in [6.45, 7) is 5.15. The first-order chi connectivity index (χ1) is 16.5. The van der Waals surface area contributed by atoms with Gasteiger partial charge in [-0.2, -0.15) is 0 Å². The Kier molecular flexibility index (Phi) is 7.84. The molecule has 182 valence electrons. The summed E-state index contributed by atoms with van der Waals surface area (Å²) in [4.78, 5) is 29.1. The van der Waals surface area contributed by atoms with Gasteiger partial charge >= 0.3 is 12.0 Å². The standard InChI is InChI=1S/C27H34N2O4S/c1-3-11-22(25(30)33-16-4-2)27(32)24-23(19-34-27)28(17-20-12-7-5-8-13-20)26(31)29(24)18-21-14-9-6-10-15-21/h5-10,12-15,22-24,32H,3-4,11,16-19H2,1-2H3. The van der Waals surface area contributed by atoms with Crippen molar-refractivity contribution in [1.29, 1.82) is 0 Å². The van der Waals surface area contributed by atoms with Crippen LogP contribution in [0.25, 0.3) is 0 Å². The Bertz CT molecular complexity index is 973. The zero-order valence-electron chi connectivity index (χ0n) is 19.9. The summed E-state index contributed by atoms with van der Waals surface area (Å²) in [6.07, 6.45) is 1.99. The van der Waals surface area contributed by atoms with Crippen LogP contribution in [0.5, 0.6) is 0 Å². The van der Waals surface area contributed by atoms with E-state index in [0.717, 1.165) is 24.0 Å². The second kappa shape index (κ2) is 10.8. The molecule has 0 aromatic heterocycles. The molecule has 2 saturated heterocycles. The van der Waals surface area contributed by atoms with Crippen LogP contribution >= 0.6 is 11.8 Å². The van der Waals surface area contributed by atoms with E-state index in [-0.39, 0.29) is 18.0 Å². The molecule has 2 amide bonds. The van der Waals surface area contributed by atoms with E-state index in [0.29, 0.717) is 31.9 Å². The Morgan fingerprint density at radius 2 is 1.62 bits per heavy atom. The number of benzene rings is 2. The largest absolute Gasteiger partial charge is 0.465 e. The number of hydrogen-bond donors (Lipinski definition) is 1. The number of amides is 2. The van der Waals surface area contributed by atoms with Crippen molar-refractivity contribution in [2.75, 3.05) is 12.4 Å². The zero-order chi connectivity index (χ0) is 24.1. The van der Waals surface area contributed by atoms with Crippen LogP contribution in [0.3, 0.4) is 0 Å². The van der Waals surface area contributed by atoms with Gasteiger partial charge in [-0.1, -0.05) is 80.9 Å². The van der Waals surface area contributed by atoms with E-state index in [1.54, 1.807) is 4.90 Å². The summed E-state index contributed by atoms with van der Waals surface area (Å²) in [7, 11) is 0. The predicted octanol–water partition coefficient (Wildman–Crippen LogP) is 4.67. The zero-order valence-corrected chi connectivity index (χ0v) is 20.7. The number of fused-ring (bicyclic) bond motifs is 1. The fourth-order valence-corrected chi connectivity index (χ4v) is 6.76. The topological polar surface area (TPSA) is 70.1 Å². The minimum absolute atomic E-state index is 0.0985. The van der Waals surface area contributed by atoms with Gasteiger partial charge in [-0.25, -0.2) is 4.79 Å². The third kappa shape index (κ3) is 4.82. The summed E-state index contributed by atoms with van der Waals surface area (Å²) in [6, 6.07) is 19.0. The molecule has 0 saturated carbocycles. The third-order valence-corrected chi connectivity index (χ3v) is 8.20.